The van der Waals surface area contributed by atoms with Gasteiger partial charge in [0.1, 0.15) is 17.5 Å². The molecule has 6 nitrogen and oxygen atoms in total. The summed E-state index contributed by atoms with van der Waals surface area (Å²) in [7, 11) is 0. The number of alkyl halides is 3. The van der Waals surface area contributed by atoms with Crippen molar-refractivity contribution < 1.29 is 13.2 Å². The quantitative estimate of drug-likeness (QED) is 0.468. The molecule has 0 bridgehead atoms. The average Bonchev–Trinajstić information content (AvgIpc) is 2.73. The van der Waals surface area contributed by atoms with Crippen LogP contribution in [-0.2, 0) is 19.1 Å². The Kier molecular flexibility index (Phi) is 5.98. The van der Waals surface area contributed by atoms with Crippen LogP contribution in [0.25, 0.3) is 0 Å². The van der Waals surface area contributed by atoms with Gasteiger partial charge in [-0.2, -0.15) is 13.2 Å². The average molecular weight is 507 g/mol. The van der Waals surface area contributed by atoms with E-state index in [1.807, 2.05) is 12.1 Å². The van der Waals surface area contributed by atoms with Crippen molar-refractivity contribution >= 4 is 33.3 Å². The maximum Gasteiger partial charge on any atom is 0.416 e. The highest BCUT2D eigenvalue weighted by Gasteiger charge is 2.31. The van der Waals surface area contributed by atoms with Crippen LogP contribution in [0.4, 0.5) is 30.5 Å². The Labute approximate surface area is 192 Å². The molecule has 1 aliphatic heterocycles. The number of hydrogen-bond donors (Lipinski definition) is 2. The van der Waals surface area contributed by atoms with Crippen LogP contribution in [-0.4, -0.2) is 21.5 Å². The van der Waals surface area contributed by atoms with E-state index in [1.54, 1.807) is 26.1 Å². The van der Waals surface area contributed by atoms with Gasteiger partial charge < -0.3 is 16.0 Å². The topological polar surface area (TPSA) is 80.0 Å². The van der Waals surface area contributed by atoms with Crippen LogP contribution in [0.5, 0.6) is 0 Å². The van der Waals surface area contributed by atoms with E-state index < -0.39 is 17.8 Å². The van der Waals surface area contributed by atoms with Crippen LogP contribution >= 0.6 is 15.9 Å². The highest BCUT2D eigenvalue weighted by Crippen LogP contribution is 2.34. The number of aryl methyl sites for hydroxylation is 1. The van der Waals surface area contributed by atoms with Crippen molar-refractivity contribution in [3.8, 4) is 0 Å². The van der Waals surface area contributed by atoms with Crippen LogP contribution in [0.15, 0.2) is 41.0 Å². The number of pyridine rings is 1. The lowest BCUT2D eigenvalue weighted by Gasteiger charge is -2.31. The minimum atomic E-state index is -4.47. The van der Waals surface area contributed by atoms with E-state index >= 15 is 0 Å². The van der Waals surface area contributed by atoms with Gasteiger partial charge in [0.05, 0.1) is 17.3 Å². The SMILES string of the molecule is Cc1nc2c(c(N[C@H](C)c3cc(N)cc(C(F)(F)F)c3)n1)CN(c1ccc(Br)cn1)CC2. The molecule has 0 fully saturated rings. The molecule has 1 aromatic carbocycles. The first-order valence-electron chi connectivity index (χ1n) is 10.1. The molecule has 1 atom stereocenters. The Morgan fingerprint density at radius 1 is 1.19 bits per heavy atom. The number of nitrogens with zero attached hydrogens (tertiary/aromatic N) is 4. The molecular formula is C22H22BrF3N6. The normalized spacial score (nSPS) is 14.8. The molecule has 4 rings (SSSR count). The van der Waals surface area contributed by atoms with E-state index in [0.717, 1.165) is 46.6 Å². The summed E-state index contributed by atoms with van der Waals surface area (Å²) in [4.78, 5) is 15.7. The van der Waals surface area contributed by atoms with Crippen molar-refractivity contribution in [1.82, 2.24) is 15.0 Å². The van der Waals surface area contributed by atoms with E-state index in [2.05, 4.69) is 41.1 Å². The predicted octanol–water partition coefficient (Wildman–Crippen LogP) is 5.28. The van der Waals surface area contributed by atoms with Gasteiger partial charge in [-0.1, -0.05) is 0 Å². The molecule has 3 heterocycles. The molecule has 2 aromatic heterocycles. The molecule has 0 radical (unpaired) electrons. The van der Waals surface area contributed by atoms with Gasteiger partial charge in [-0.05, 0) is 65.7 Å². The third-order valence-corrected chi connectivity index (χ3v) is 5.84. The summed E-state index contributed by atoms with van der Waals surface area (Å²) in [5, 5.41) is 3.29. The minimum Gasteiger partial charge on any atom is -0.399 e. The summed E-state index contributed by atoms with van der Waals surface area (Å²) >= 11 is 3.40. The fourth-order valence-electron chi connectivity index (χ4n) is 3.79. The minimum absolute atomic E-state index is 0.0665. The number of anilines is 3. The van der Waals surface area contributed by atoms with Crippen LogP contribution in [0.1, 0.15) is 41.2 Å². The molecule has 0 unspecified atom stereocenters. The number of nitrogens with one attached hydrogen (secondary N) is 1. The Bertz CT molecular complexity index is 1130. The van der Waals surface area contributed by atoms with Gasteiger partial charge in [0, 0.05) is 41.4 Å². The van der Waals surface area contributed by atoms with E-state index in [4.69, 9.17) is 5.73 Å². The number of fused-ring (bicyclic) bond motifs is 1. The molecule has 0 amide bonds. The maximum absolute atomic E-state index is 13.2. The monoisotopic (exact) mass is 506 g/mol. The summed E-state index contributed by atoms with van der Waals surface area (Å²) in [5.41, 5.74) is 7.33. The lowest BCUT2D eigenvalue weighted by atomic mass is 10.0. The zero-order valence-corrected chi connectivity index (χ0v) is 19.1. The largest absolute Gasteiger partial charge is 0.416 e. The number of aromatic nitrogens is 3. The Morgan fingerprint density at radius 2 is 1.97 bits per heavy atom. The first-order chi connectivity index (χ1) is 15.1. The van der Waals surface area contributed by atoms with Crippen LogP contribution < -0.4 is 16.0 Å². The second-order valence-electron chi connectivity index (χ2n) is 7.80. The maximum atomic E-state index is 13.2. The molecule has 0 spiro atoms. The lowest BCUT2D eigenvalue weighted by Crippen LogP contribution is -2.33. The van der Waals surface area contributed by atoms with Crippen LogP contribution in [0, 0.1) is 6.92 Å². The van der Waals surface area contributed by atoms with E-state index in [1.165, 1.54) is 0 Å². The number of nitrogens with two attached hydrogens (primary N) is 1. The molecule has 1 aliphatic rings. The molecule has 168 valence electrons. The number of benzene rings is 1. The molecule has 0 aliphatic carbocycles. The standard InChI is InChI=1S/C22H22BrF3N6/c1-12(14-7-15(22(24,25)26)9-17(27)8-14)29-21-18-11-32(20-4-3-16(23)10-28-20)6-5-19(18)30-13(2)31-21/h3-4,7-10,12H,5-6,11,27H2,1-2H3,(H,29,30,31)/t12-/m1/s1. The van der Waals surface area contributed by atoms with Gasteiger partial charge in [0.2, 0.25) is 0 Å². The highest BCUT2D eigenvalue weighted by molar-refractivity contribution is 9.10. The highest BCUT2D eigenvalue weighted by atomic mass is 79.9. The molecule has 0 saturated heterocycles. The van der Waals surface area contributed by atoms with Gasteiger partial charge in [-0.3, -0.25) is 0 Å². The fraction of sp³-hybridized carbons (Fsp3) is 0.318. The third kappa shape index (κ3) is 4.79. The first kappa shape index (κ1) is 22.3. The number of hydrogen-bond acceptors (Lipinski definition) is 6. The number of rotatable bonds is 4. The predicted molar refractivity (Wildman–Crippen MR) is 121 cm³/mol. The summed E-state index contributed by atoms with van der Waals surface area (Å²) in [5.74, 6) is 2.05. The van der Waals surface area contributed by atoms with Gasteiger partial charge in [-0.25, -0.2) is 15.0 Å². The van der Waals surface area contributed by atoms with E-state index in [9.17, 15) is 13.2 Å². The second kappa shape index (κ2) is 8.57. The lowest BCUT2D eigenvalue weighted by molar-refractivity contribution is -0.137. The van der Waals surface area contributed by atoms with Crippen molar-refractivity contribution in [1.29, 1.82) is 0 Å². The Balaban J connectivity index is 1.63. The molecular weight excluding hydrogens is 485 g/mol. The molecule has 10 heteroatoms. The van der Waals surface area contributed by atoms with E-state index in [0.29, 0.717) is 23.8 Å². The van der Waals surface area contributed by atoms with Gasteiger partial charge in [0.25, 0.3) is 0 Å². The third-order valence-electron chi connectivity index (χ3n) is 5.37. The smallest absolute Gasteiger partial charge is 0.399 e. The van der Waals surface area contributed by atoms with Crippen molar-refractivity contribution in [2.75, 3.05) is 22.5 Å². The van der Waals surface area contributed by atoms with Crippen molar-refractivity contribution in [2.24, 2.45) is 0 Å². The van der Waals surface area contributed by atoms with Crippen molar-refractivity contribution in [2.45, 2.75) is 39.0 Å². The molecule has 3 aromatic rings. The summed E-state index contributed by atoms with van der Waals surface area (Å²) in [6.07, 6.45) is -2.00. The second-order valence-corrected chi connectivity index (χ2v) is 8.72. The van der Waals surface area contributed by atoms with E-state index in [-0.39, 0.29) is 5.69 Å². The molecule has 3 N–H and O–H groups in total. The van der Waals surface area contributed by atoms with Gasteiger partial charge in [0.15, 0.2) is 0 Å². The molecule has 32 heavy (non-hydrogen) atoms. The van der Waals surface area contributed by atoms with Gasteiger partial charge >= 0.3 is 6.18 Å². The zero-order valence-electron chi connectivity index (χ0n) is 17.5. The Morgan fingerprint density at radius 3 is 2.66 bits per heavy atom. The molecule has 0 saturated carbocycles. The van der Waals surface area contributed by atoms with Crippen molar-refractivity contribution in [3.63, 3.8) is 0 Å². The number of nitrogen functional groups attached to an aromatic ring is 1. The summed E-state index contributed by atoms with van der Waals surface area (Å²) in [6, 6.07) is 7.03. The van der Waals surface area contributed by atoms with Gasteiger partial charge in [-0.15, -0.1) is 0 Å². The zero-order chi connectivity index (χ0) is 23.0. The van der Waals surface area contributed by atoms with Crippen LogP contribution in [0.3, 0.4) is 0 Å². The Hall–Kier alpha value is -2.88. The number of halogens is 4. The summed E-state index contributed by atoms with van der Waals surface area (Å²) in [6.45, 7) is 4.90. The van der Waals surface area contributed by atoms with Crippen molar-refractivity contribution in [3.05, 3.63) is 69.2 Å². The first-order valence-corrected chi connectivity index (χ1v) is 10.9. The fourth-order valence-corrected chi connectivity index (χ4v) is 4.02. The van der Waals surface area contributed by atoms with Crippen LogP contribution in [0.2, 0.25) is 0 Å². The summed E-state index contributed by atoms with van der Waals surface area (Å²) < 4.78 is 40.6.